The van der Waals surface area contributed by atoms with Gasteiger partial charge in [0.25, 0.3) is 5.91 Å². The first-order chi connectivity index (χ1) is 14.5. The molecule has 0 radical (unpaired) electrons. The van der Waals surface area contributed by atoms with Crippen LogP contribution < -0.4 is 5.32 Å². The van der Waals surface area contributed by atoms with Crippen molar-refractivity contribution in [1.82, 2.24) is 20.1 Å². The number of nitrogens with one attached hydrogen (secondary N) is 1. The first kappa shape index (κ1) is 20.6. The minimum absolute atomic E-state index is 0.0131. The third kappa shape index (κ3) is 4.12. The Bertz CT molecular complexity index is 926. The topological polar surface area (TPSA) is 108 Å². The zero-order valence-corrected chi connectivity index (χ0v) is 17.5. The molecule has 0 atom stereocenters. The Morgan fingerprint density at radius 2 is 2.17 bits per heavy atom. The van der Waals surface area contributed by atoms with Gasteiger partial charge in [-0.1, -0.05) is 6.92 Å². The van der Waals surface area contributed by atoms with Crippen LogP contribution in [0.5, 0.6) is 0 Å². The van der Waals surface area contributed by atoms with Crippen molar-refractivity contribution >= 4 is 11.9 Å². The SMILES string of the molecule is CCc1nn(CCCOC(=O)c2coc(C)n2)c2c1C(=O)NCC1(CCOCC1)C2. The van der Waals surface area contributed by atoms with Crippen LogP contribution in [0.15, 0.2) is 10.7 Å². The van der Waals surface area contributed by atoms with Gasteiger partial charge in [0, 0.05) is 39.6 Å². The van der Waals surface area contributed by atoms with Crippen LogP contribution in [0.4, 0.5) is 0 Å². The average molecular weight is 416 g/mol. The lowest BCUT2D eigenvalue weighted by Crippen LogP contribution is -2.40. The van der Waals surface area contributed by atoms with Gasteiger partial charge in [0.2, 0.25) is 0 Å². The monoisotopic (exact) mass is 416 g/mol. The van der Waals surface area contributed by atoms with Crippen LogP contribution in [0.3, 0.4) is 0 Å². The number of aromatic nitrogens is 3. The van der Waals surface area contributed by atoms with E-state index in [0.717, 1.165) is 49.4 Å². The highest BCUT2D eigenvalue weighted by molar-refractivity contribution is 5.97. The number of aryl methyl sites for hydroxylation is 3. The molecular weight excluding hydrogens is 388 g/mol. The van der Waals surface area contributed by atoms with Gasteiger partial charge in [0.15, 0.2) is 11.6 Å². The molecule has 2 aromatic heterocycles. The number of carbonyl (C=O) groups is 2. The summed E-state index contributed by atoms with van der Waals surface area (Å²) in [7, 11) is 0. The van der Waals surface area contributed by atoms with Crippen molar-refractivity contribution in [3.05, 3.63) is 34.8 Å². The fourth-order valence-electron chi connectivity index (χ4n) is 4.27. The molecule has 2 aliphatic rings. The number of esters is 1. The van der Waals surface area contributed by atoms with Crippen molar-refractivity contribution in [2.24, 2.45) is 5.41 Å². The van der Waals surface area contributed by atoms with Crippen LogP contribution in [0, 0.1) is 12.3 Å². The molecule has 1 fully saturated rings. The number of fused-ring (bicyclic) bond motifs is 1. The number of rotatable bonds is 6. The van der Waals surface area contributed by atoms with Gasteiger partial charge < -0.3 is 19.2 Å². The molecule has 2 aliphatic heterocycles. The summed E-state index contributed by atoms with van der Waals surface area (Å²) >= 11 is 0. The minimum atomic E-state index is -0.499. The Hall–Kier alpha value is -2.68. The lowest BCUT2D eigenvalue weighted by molar-refractivity contribution is 0.0152. The summed E-state index contributed by atoms with van der Waals surface area (Å²) < 4.78 is 17.8. The van der Waals surface area contributed by atoms with Gasteiger partial charge in [-0.2, -0.15) is 5.10 Å². The van der Waals surface area contributed by atoms with Crippen molar-refractivity contribution in [3.63, 3.8) is 0 Å². The summed E-state index contributed by atoms with van der Waals surface area (Å²) in [5.41, 5.74) is 2.71. The van der Waals surface area contributed by atoms with Crippen LogP contribution >= 0.6 is 0 Å². The van der Waals surface area contributed by atoms with Crippen molar-refractivity contribution in [2.75, 3.05) is 26.4 Å². The number of oxazole rings is 1. The zero-order valence-electron chi connectivity index (χ0n) is 17.5. The Morgan fingerprint density at radius 1 is 1.37 bits per heavy atom. The van der Waals surface area contributed by atoms with E-state index < -0.39 is 5.97 Å². The summed E-state index contributed by atoms with van der Waals surface area (Å²) in [4.78, 5) is 28.8. The molecule has 0 saturated carbocycles. The van der Waals surface area contributed by atoms with E-state index in [4.69, 9.17) is 19.0 Å². The van der Waals surface area contributed by atoms with Gasteiger partial charge >= 0.3 is 5.97 Å². The van der Waals surface area contributed by atoms with E-state index in [1.165, 1.54) is 6.26 Å². The molecule has 1 spiro atoms. The summed E-state index contributed by atoms with van der Waals surface area (Å²) in [5, 5.41) is 7.83. The minimum Gasteiger partial charge on any atom is -0.461 e. The van der Waals surface area contributed by atoms with E-state index in [9.17, 15) is 9.59 Å². The predicted molar refractivity (Wildman–Crippen MR) is 106 cm³/mol. The zero-order chi connectivity index (χ0) is 21.1. The second-order valence-corrected chi connectivity index (χ2v) is 8.06. The largest absolute Gasteiger partial charge is 0.461 e. The maximum absolute atomic E-state index is 12.8. The Labute approximate surface area is 175 Å². The summed E-state index contributed by atoms with van der Waals surface area (Å²) in [6.45, 7) is 6.61. The number of carbonyl (C=O) groups excluding carboxylic acids is 2. The molecule has 9 nitrogen and oxygen atoms in total. The molecule has 2 aromatic rings. The maximum Gasteiger partial charge on any atom is 0.360 e. The van der Waals surface area contributed by atoms with E-state index in [2.05, 4.69) is 10.3 Å². The lowest BCUT2D eigenvalue weighted by atomic mass is 9.76. The first-order valence-electron chi connectivity index (χ1n) is 10.5. The highest BCUT2D eigenvalue weighted by Crippen LogP contribution is 2.37. The molecule has 0 unspecified atom stereocenters. The highest BCUT2D eigenvalue weighted by Gasteiger charge is 2.39. The average Bonchev–Trinajstić information content (AvgIpc) is 3.30. The molecule has 1 N–H and O–H groups in total. The molecule has 9 heteroatoms. The molecule has 0 bridgehead atoms. The summed E-state index contributed by atoms with van der Waals surface area (Å²) in [6, 6.07) is 0. The van der Waals surface area contributed by atoms with E-state index in [-0.39, 0.29) is 23.6 Å². The lowest BCUT2D eigenvalue weighted by Gasteiger charge is -2.36. The van der Waals surface area contributed by atoms with Crippen LogP contribution in [0.25, 0.3) is 0 Å². The van der Waals surface area contributed by atoms with Crippen molar-refractivity contribution in [1.29, 1.82) is 0 Å². The number of hydrogen-bond donors (Lipinski definition) is 1. The fraction of sp³-hybridized carbons (Fsp3) is 0.619. The third-order valence-corrected chi connectivity index (χ3v) is 5.99. The number of ether oxygens (including phenoxy) is 2. The normalized spacial score (nSPS) is 18.0. The molecule has 4 heterocycles. The van der Waals surface area contributed by atoms with Gasteiger partial charge in [0.05, 0.1) is 23.6 Å². The number of amides is 1. The number of hydrogen-bond acceptors (Lipinski definition) is 7. The van der Waals surface area contributed by atoms with Gasteiger partial charge in [-0.05, 0) is 31.1 Å². The highest BCUT2D eigenvalue weighted by atomic mass is 16.5. The van der Waals surface area contributed by atoms with Crippen LogP contribution in [-0.4, -0.2) is 53.0 Å². The van der Waals surface area contributed by atoms with E-state index in [1.807, 2.05) is 11.6 Å². The third-order valence-electron chi connectivity index (χ3n) is 5.99. The molecule has 1 amide bonds. The smallest absolute Gasteiger partial charge is 0.360 e. The molecule has 4 rings (SSSR count). The van der Waals surface area contributed by atoms with Gasteiger partial charge in [-0.25, -0.2) is 9.78 Å². The van der Waals surface area contributed by atoms with E-state index >= 15 is 0 Å². The second-order valence-electron chi connectivity index (χ2n) is 8.06. The fourth-order valence-corrected chi connectivity index (χ4v) is 4.27. The van der Waals surface area contributed by atoms with E-state index in [0.29, 0.717) is 31.8 Å². The quantitative estimate of drug-likeness (QED) is 0.567. The standard InChI is InChI=1S/C21H28N4O5/c1-3-15-18-17(11-21(13-22-19(18)26)5-9-28-10-6-21)25(24-15)7-4-8-29-20(27)16-12-30-14(2)23-16/h12H,3-11,13H2,1-2H3,(H,22,26). The molecular formula is C21H28N4O5. The maximum atomic E-state index is 12.8. The first-order valence-corrected chi connectivity index (χ1v) is 10.5. The predicted octanol–water partition coefficient (Wildman–Crippen LogP) is 2.07. The van der Waals surface area contributed by atoms with Gasteiger partial charge in [0.1, 0.15) is 6.26 Å². The molecule has 162 valence electrons. The molecule has 1 saturated heterocycles. The molecule has 0 aliphatic carbocycles. The summed E-state index contributed by atoms with van der Waals surface area (Å²) in [5.74, 6) is -0.112. The number of nitrogens with zero attached hydrogens (tertiary/aromatic N) is 3. The Kier molecular flexibility index (Phi) is 5.90. The van der Waals surface area contributed by atoms with Crippen molar-refractivity contribution < 1.29 is 23.5 Å². The van der Waals surface area contributed by atoms with Crippen molar-refractivity contribution in [2.45, 2.75) is 52.5 Å². The van der Waals surface area contributed by atoms with E-state index in [1.54, 1.807) is 6.92 Å². The molecule has 0 aromatic carbocycles. The van der Waals surface area contributed by atoms with Crippen LogP contribution in [0.1, 0.15) is 64.3 Å². The van der Waals surface area contributed by atoms with Gasteiger partial charge in [-0.15, -0.1) is 0 Å². The second kappa shape index (κ2) is 8.59. The Morgan fingerprint density at radius 3 is 2.87 bits per heavy atom. The van der Waals surface area contributed by atoms with Crippen molar-refractivity contribution in [3.8, 4) is 0 Å². The van der Waals surface area contributed by atoms with Crippen LogP contribution in [-0.2, 0) is 28.9 Å². The molecule has 30 heavy (non-hydrogen) atoms. The Balaban J connectivity index is 1.46. The van der Waals surface area contributed by atoms with Crippen LogP contribution in [0.2, 0.25) is 0 Å². The summed E-state index contributed by atoms with van der Waals surface area (Å²) in [6.07, 6.45) is 5.24. The van der Waals surface area contributed by atoms with Gasteiger partial charge in [-0.3, -0.25) is 9.48 Å².